The molecule has 0 spiro atoms. The molecule has 0 aliphatic rings. The van der Waals surface area contributed by atoms with Gasteiger partial charge in [0.15, 0.2) is 0 Å². The fourth-order valence-corrected chi connectivity index (χ4v) is 3.18. The second-order valence-electron chi connectivity index (χ2n) is 6.40. The van der Waals surface area contributed by atoms with Crippen molar-refractivity contribution in [2.75, 3.05) is 13.7 Å². The summed E-state index contributed by atoms with van der Waals surface area (Å²) in [5.74, 6) is 2.29. The number of ether oxygens (including phenoxy) is 2. The SMILES string of the molecule is CCOc1ccc2oc(-c3ccc(OC)cc3)cc(=Nc3ccc(Cl)cc3)c2c1. The Morgan fingerprint density at radius 3 is 2.31 bits per heavy atom. The van der Waals surface area contributed by atoms with E-state index in [9.17, 15) is 0 Å². The van der Waals surface area contributed by atoms with Crippen LogP contribution in [0, 0.1) is 0 Å². The molecule has 146 valence electrons. The van der Waals surface area contributed by atoms with Crippen LogP contribution in [0.4, 0.5) is 5.69 Å². The van der Waals surface area contributed by atoms with Gasteiger partial charge in [-0.1, -0.05) is 11.6 Å². The Bertz CT molecular complexity index is 1200. The summed E-state index contributed by atoms with van der Waals surface area (Å²) in [6.07, 6.45) is 0. The summed E-state index contributed by atoms with van der Waals surface area (Å²) in [5.41, 5.74) is 2.48. The molecule has 1 aromatic heterocycles. The second kappa shape index (κ2) is 8.41. The third-order valence-electron chi connectivity index (χ3n) is 4.48. The van der Waals surface area contributed by atoms with E-state index in [1.165, 1.54) is 0 Å². The molecule has 0 fully saturated rings. The maximum Gasteiger partial charge on any atom is 0.137 e. The number of fused-ring (bicyclic) bond motifs is 1. The molecular weight excluding hydrogens is 386 g/mol. The minimum atomic E-state index is 0.593. The third-order valence-corrected chi connectivity index (χ3v) is 4.73. The number of hydrogen-bond acceptors (Lipinski definition) is 4. The van der Waals surface area contributed by atoms with E-state index in [-0.39, 0.29) is 0 Å². The average molecular weight is 406 g/mol. The van der Waals surface area contributed by atoms with Gasteiger partial charge in [-0.05, 0) is 73.7 Å². The molecule has 1 heterocycles. The molecule has 0 bridgehead atoms. The van der Waals surface area contributed by atoms with Crippen molar-refractivity contribution < 1.29 is 13.9 Å². The fourth-order valence-electron chi connectivity index (χ4n) is 3.05. The van der Waals surface area contributed by atoms with Crippen molar-refractivity contribution in [3.63, 3.8) is 0 Å². The van der Waals surface area contributed by atoms with E-state index in [1.807, 2.05) is 79.7 Å². The van der Waals surface area contributed by atoms with Crippen LogP contribution < -0.4 is 14.8 Å². The van der Waals surface area contributed by atoms with Crippen molar-refractivity contribution in [3.05, 3.63) is 83.2 Å². The number of benzene rings is 3. The summed E-state index contributed by atoms with van der Waals surface area (Å²) in [6, 6.07) is 22.9. The van der Waals surface area contributed by atoms with E-state index < -0.39 is 0 Å². The van der Waals surface area contributed by atoms with Gasteiger partial charge in [0, 0.05) is 22.0 Å². The van der Waals surface area contributed by atoms with E-state index in [1.54, 1.807) is 7.11 Å². The van der Waals surface area contributed by atoms with Crippen molar-refractivity contribution in [1.82, 2.24) is 0 Å². The van der Waals surface area contributed by atoms with Crippen LogP contribution in [0.15, 0.2) is 82.2 Å². The van der Waals surface area contributed by atoms with E-state index in [0.717, 1.165) is 44.8 Å². The lowest BCUT2D eigenvalue weighted by Gasteiger charge is -2.08. The molecule has 0 amide bonds. The van der Waals surface area contributed by atoms with E-state index in [2.05, 4.69) is 0 Å². The van der Waals surface area contributed by atoms with Crippen molar-refractivity contribution in [3.8, 4) is 22.8 Å². The van der Waals surface area contributed by atoms with E-state index >= 15 is 0 Å². The lowest BCUT2D eigenvalue weighted by Crippen LogP contribution is -2.04. The Labute approximate surface area is 174 Å². The fraction of sp³-hybridized carbons (Fsp3) is 0.125. The van der Waals surface area contributed by atoms with Crippen molar-refractivity contribution in [2.45, 2.75) is 6.92 Å². The highest BCUT2D eigenvalue weighted by Gasteiger charge is 2.08. The minimum Gasteiger partial charge on any atom is -0.497 e. The van der Waals surface area contributed by atoms with Gasteiger partial charge in [-0.15, -0.1) is 0 Å². The molecule has 0 saturated heterocycles. The second-order valence-corrected chi connectivity index (χ2v) is 6.84. The maximum atomic E-state index is 6.17. The molecule has 0 aliphatic heterocycles. The van der Waals surface area contributed by atoms with E-state index in [0.29, 0.717) is 11.6 Å². The summed E-state index contributed by atoms with van der Waals surface area (Å²) >= 11 is 6.01. The van der Waals surface area contributed by atoms with Crippen LogP contribution in [0.2, 0.25) is 5.02 Å². The Balaban J connectivity index is 1.92. The molecule has 4 aromatic rings. The van der Waals surface area contributed by atoms with Gasteiger partial charge < -0.3 is 13.9 Å². The first-order chi connectivity index (χ1) is 14.2. The smallest absolute Gasteiger partial charge is 0.137 e. The van der Waals surface area contributed by atoms with Crippen LogP contribution >= 0.6 is 11.6 Å². The van der Waals surface area contributed by atoms with Crippen LogP contribution in [-0.2, 0) is 0 Å². The van der Waals surface area contributed by atoms with Gasteiger partial charge in [0.2, 0.25) is 0 Å². The van der Waals surface area contributed by atoms with Gasteiger partial charge in [0.25, 0.3) is 0 Å². The first kappa shape index (κ1) is 19.1. The molecule has 0 atom stereocenters. The maximum absolute atomic E-state index is 6.17. The zero-order chi connectivity index (χ0) is 20.2. The number of rotatable bonds is 5. The Hall–Kier alpha value is -3.24. The van der Waals surface area contributed by atoms with Crippen molar-refractivity contribution in [1.29, 1.82) is 0 Å². The molecule has 4 nitrogen and oxygen atoms in total. The number of halogens is 1. The highest BCUT2D eigenvalue weighted by atomic mass is 35.5. The highest BCUT2D eigenvalue weighted by molar-refractivity contribution is 6.30. The summed E-state index contributed by atoms with van der Waals surface area (Å²) in [6.45, 7) is 2.55. The summed E-state index contributed by atoms with van der Waals surface area (Å²) in [5, 5.41) is 2.35. The molecular formula is C24H20ClNO3. The Morgan fingerprint density at radius 2 is 1.62 bits per heavy atom. The largest absolute Gasteiger partial charge is 0.497 e. The molecule has 4 rings (SSSR count). The average Bonchev–Trinajstić information content (AvgIpc) is 2.76. The number of hydrogen-bond donors (Lipinski definition) is 0. The standard InChI is InChI=1S/C24H20ClNO3/c1-3-28-20-12-13-23-21(14-20)22(26-18-8-6-17(25)7-9-18)15-24(29-23)16-4-10-19(27-2)11-5-16/h4-15H,3H2,1-2H3. The topological polar surface area (TPSA) is 44.0 Å². The van der Waals surface area contributed by atoms with Crippen LogP contribution in [0.25, 0.3) is 22.3 Å². The van der Waals surface area contributed by atoms with Gasteiger partial charge in [-0.3, -0.25) is 0 Å². The molecule has 0 N–H and O–H groups in total. The van der Waals surface area contributed by atoms with E-state index in [4.69, 9.17) is 30.5 Å². The predicted octanol–water partition coefficient (Wildman–Crippen LogP) is 6.39. The molecule has 5 heteroatoms. The first-order valence-electron chi connectivity index (χ1n) is 9.31. The van der Waals surface area contributed by atoms with Crippen LogP contribution in [0.1, 0.15) is 6.92 Å². The summed E-state index contributed by atoms with van der Waals surface area (Å²) in [4.78, 5) is 4.83. The lowest BCUT2D eigenvalue weighted by molar-refractivity contribution is 0.340. The minimum absolute atomic E-state index is 0.593. The van der Waals surface area contributed by atoms with Gasteiger partial charge in [-0.2, -0.15) is 0 Å². The Morgan fingerprint density at radius 1 is 0.897 bits per heavy atom. The van der Waals surface area contributed by atoms with Gasteiger partial charge >= 0.3 is 0 Å². The lowest BCUT2D eigenvalue weighted by atomic mass is 10.1. The van der Waals surface area contributed by atoms with Crippen molar-refractivity contribution >= 4 is 28.3 Å². The molecule has 0 saturated carbocycles. The quantitative estimate of drug-likeness (QED) is 0.386. The third kappa shape index (κ3) is 4.28. The normalized spacial score (nSPS) is 11.6. The molecule has 0 radical (unpaired) electrons. The number of nitrogens with zero attached hydrogens (tertiary/aromatic N) is 1. The highest BCUT2D eigenvalue weighted by Crippen LogP contribution is 2.27. The zero-order valence-electron chi connectivity index (χ0n) is 16.2. The van der Waals surface area contributed by atoms with Gasteiger partial charge in [-0.25, -0.2) is 4.99 Å². The summed E-state index contributed by atoms with van der Waals surface area (Å²) < 4.78 is 17.1. The zero-order valence-corrected chi connectivity index (χ0v) is 16.9. The van der Waals surface area contributed by atoms with Gasteiger partial charge in [0.1, 0.15) is 22.8 Å². The van der Waals surface area contributed by atoms with Crippen molar-refractivity contribution in [2.24, 2.45) is 4.99 Å². The molecule has 3 aromatic carbocycles. The summed E-state index contributed by atoms with van der Waals surface area (Å²) in [7, 11) is 1.65. The molecule has 0 aliphatic carbocycles. The Kier molecular flexibility index (Phi) is 5.54. The predicted molar refractivity (Wildman–Crippen MR) is 116 cm³/mol. The number of methoxy groups -OCH3 is 1. The monoisotopic (exact) mass is 405 g/mol. The van der Waals surface area contributed by atoms with Crippen LogP contribution in [0.5, 0.6) is 11.5 Å². The van der Waals surface area contributed by atoms with Crippen LogP contribution in [-0.4, -0.2) is 13.7 Å². The van der Waals surface area contributed by atoms with Crippen LogP contribution in [0.3, 0.4) is 0 Å². The first-order valence-corrected chi connectivity index (χ1v) is 9.69. The van der Waals surface area contributed by atoms with Gasteiger partial charge in [0.05, 0.1) is 24.8 Å². The molecule has 29 heavy (non-hydrogen) atoms. The molecule has 0 unspecified atom stereocenters.